The van der Waals surface area contributed by atoms with Gasteiger partial charge < -0.3 is 19.9 Å². The number of amides is 1. The minimum atomic E-state index is -5.08. The first kappa shape index (κ1) is 34.0. The van der Waals surface area contributed by atoms with Gasteiger partial charge in [0.25, 0.3) is 5.91 Å². The highest BCUT2D eigenvalue weighted by Gasteiger charge is 2.39. The van der Waals surface area contributed by atoms with Crippen molar-refractivity contribution >= 4 is 23.4 Å². The number of hydrogen-bond donors (Lipinski definition) is 3. The second-order valence-electron chi connectivity index (χ2n) is 10.0. The van der Waals surface area contributed by atoms with Crippen LogP contribution in [0, 0.1) is 0 Å². The molecule has 0 aromatic carbocycles. The molecule has 4 rings (SSSR count). The number of nitrogens with one attached hydrogen (secondary N) is 1. The Kier molecular flexibility index (Phi) is 11.0. The monoisotopic (exact) mass is 605 g/mol. The molecule has 10 nitrogen and oxygen atoms in total. The van der Waals surface area contributed by atoms with Crippen LogP contribution < -0.4 is 5.32 Å². The first-order valence-electron chi connectivity index (χ1n) is 12.3. The van der Waals surface area contributed by atoms with E-state index in [0.29, 0.717) is 5.69 Å². The van der Waals surface area contributed by atoms with Gasteiger partial charge in [0, 0.05) is 24.5 Å². The van der Waals surface area contributed by atoms with E-state index in [2.05, 4.69) is 25.7 Å². The van der Waals surface area contributed by atoms with Crippen molar-refractivity contribution in [2.75, 3.05) is 6.54 Å². The number of hydrogen-bond acceptors (Lipinski definition) is 6. The number of fused-ring (bicyclic) bond motifs is 1. The van der Waals surface area contributed by atoms with Crippen LogP contribution in [0.2, 0.25) is 0 Å². The normalized spacial score (nSPS) is 15.7. The molecule has 1 amide bonds. The number of aromatic nitrogens is 3. The predicted molar refractivity (Wildman–Crippen MR) is 136 cm³/mol. The van der Waals surface area contributed by atoms with Crippen molar-refractivity contribution in [3.63, 3.8) is 0 Å². The molecule has 3 aromatic rings. The summed E-state index contributed by atoms with van der Waals surface area (Å²) in [6.45, 7) is 7.74. The first-order valence-corrected chi connectivity index (χ1v) is 12.3. The summed E-state index contributed by atoms with van der Waals surface area (Å²) in [4.78, 5) is 42.4. The molecule has 1 saturated heterocycles. The van der Waals surface area contributed by atoms with Gasteiger partial charge in [-0.05, 0) is 64.4 Å². The summed E-state index contributed by atoms with van der Waals surface area (Å²) in [5, 5.41) is 17.3. The number of rotatable bonds is 4. The molecule has 4 heterocycles. The second-order valence-corrected chi connectivity index (χ2v) is 10.0. The summed E-state index contributed by atoms with van der Waals surface area (Å²) in [6, 6.07) is 12.1. The number of nitrogens with zero attached hydrogens (tertiary/aromatic N) is 4. The Bertz CT molecular complexity index is 1350. The van der Waals surface area contributed by atoms with Gasteiger partial charge >= 0.3 is 24.3 Å². The highest BCUT2D eigenvalue weighted by Crippen LogP contribution is 2.33. The molecule has 42 heavy (non-hydrogen) atoms. The summed E-state index contributed by atoms with van der Waals surface area (Å²) in [7, 11) is 0. The lowest BCUT2D eigenvalue weighted by atomic mass is 10.1. The van der Waals surface area contributed by atoms with Crippen molar-refractivity contribution in [3.8, 4) is 0 Å². The van der Waals surface area contributed by atoms with Crippen molar-refractivity contribution in [3.05, 3.63) is 66.0 Å². The van der Waals surface area contributed by atoms with Crippen LogP contribution in [-0.2, 0) is 16.1 Å². The minimum absolute atomic E-state index is 0.128. The maximum Gasteiger partial charge on any atom is 0.490 e. The lowest BCUT2D eigenvalue weighted by molar-refractivity contribution is -0.193. The average Bonchev–Trinajstić information content (AvgIpc) is 3.47. The fraction of sp³-hybridized carbons (Fsp3) is 0.423. The molecule has 0 bridgehead atoms. The standard InChI is InChI=1S/C22H27N5O.2C2HF3O2/c1-22(2,3)25-21(28)19-17-10-5-7-14-27(17)20(24-19)18-11-8-13-26(18)15-16-9-4-6-12-23-16;2*3-2(4,5)1(6)7/h4-7,9-10,12,14,18H,8,11,13,15H2,1-3H3,(H,25,28);2*(H,6,7). The van der Waals surface area contributed by atoms with Gasteiger partial charge in [0.1, 0.15) is 5.82 Å². The van der Waals surface area contributed by atoms with E-state index in [0.717, 1.165) is 43.0 Å². The lowest BCUT2D eigenvalue weighted by Crippen LogP contribution is -2.40. The predicted octanol–water partition coefficient (Wildman–Crippen LogP) is 4.86. The zero-order valence-corrected chi connectivity index (χ0v) is 22.7. The number of imidazole rings is 1. The Labute approximate surface area is 236 Å². The van der Waals surface area contributed by atoms with Crippen LogP contribution in [0.5, 0.6) is 0 Å². The minimum Gasteiger partial charge on any atom is -0.475 e. The van der Waals surface area contributed by atoms with E-state index in [1.54, 1.807) is 0 Å². The van der Waals surface area contributed by atoms with Gasteiger partial charge in [-0.1, -0.05) is 12.1 Å². The molecule has 0 spiro atoms. The van der Waals surface area contributed by atoms with Crippen molar-refractivity contribution in [2.45, 2.75) is 64.1 Å². The molecule has 0 aliphatic carbocycles. The molecule has 3 N–H and O–H groups in total. The van der Waals surface area contributed by atoms with Gasteiger partial charge in [-0.3, -0.25) is 14.7 Å². The molecular weight excluding hydrogens is 576 g/mol. The summed E-state index contributed by atoms with van der Waals surface area (Å²) in [5.41, 5.74) is 2.10. The number of alkyl halides is 6. The van der Waals surface area contributed by atoms with Crippen LogP contribution in [-0.4, -0.2) is 71.8 Å². The van der Waals surface area contributed by atoms with Crippen molar-refractivity contribution in [1.29, 1.82) is 0 Å². The molecule has 0 saturated carbocycles. The second kappa shape index (κ2) is 13.6. The zero-order valence-electron chi connectivity index (χ0n) is 22.7. The number of carboxylic acids is 2. The summed E-state index contributed by atoms with van der Waals surface area (Å²) in [5.74, 6) is -4.71. The Morgan fingerprint density at radius 2 is 1.52 bits per heavy atom. The fourth-order valence-electron chi connectivity index (χ4n) is 3.87. The molecule has 1 aliphatic rings. The highest BCUT2D eigenvalue weighted by molar-refractivity contribution is 5.99. The van der Waals surface area contributed by atoms with E-state index >= 15 is 0 Å². The fourth-order valence-corrected chi connectivity index (χ4v) is 3.87. The average molecular weight is 606 g/mol. The maximum absolute atomic E-state index is 12.9. The molecular formula is C26H29F6N5O5. The molecule has 1 fully saturated rings. The van der Waals surface area contributed by atoms with Crippen molar-refractivity contribution in [2.24, 2.45) is 0 Å². The number of likely N-dealkylation sites (tertiary alicyclic amines) is 1. The van der Waals surface area contributed by atoms with Crippen LogP contribution >= 0.6 is 0 Å². The van der Waals surface area contributed by atoms with E-state index in [-0.39, 0.29) is 17.5 Å². The van der Waals surface area contributed by atoms with Crippen molar-refractivity contribution in [1.82, 2.24) is 24.6 Å². The SMILES string of the molecule is CC(C)(C)NC(=O)c1nc(C2CCCN2Cc2ccccn2)n2ccccc12.O=C(O)C(F)(F)F.O=C(O)C(F)(F)F. The van der Waals surface area contributed by atoms with E-state index in [1.807, 2.05) is 63.5 Å². The molecule has 1 atom stereocenters. The third-order valence-corrected chi connectivity index (χ3v) is 5.52. The first-order chi connectivity index (χ1) is 19.3. The van der Waals surface area contributed by atoms with E-state index in [9.17, 15) is 31.1 Å². The van der Waals surface area contributed by atoms with Crippen LogP contribution in [0.3, 0.4) is 0 Å². The molecule has 16 heteroatoms. The van der Waals surface area contributed by atoms with E-state index in [4.69, 9.17) is 24.8 Å². The zero-order chi connectivity index (χ0) is 31.9. The number of carboxylic acid groups (broad SMARTS) is 2. The smallest absolute Gasteiger partial charge is 0.475 e. The van der Waals surface area contributed by atoms with Crippen LogP contribution in [0.15, 0.2) is 48.8 Å². The molecule has 3 aromatic heterocycles. The Hall–Kier alpha value is -4.21. The maximum atomic E-state index is 12.9. The van der Waals surface area contributed by atoms with Gasteiger partial charge in [-0.15, -0.1) is 0 Å². The molecule has 1 unspecified atom stereocenters. The van der Waals surface area contributed by atoms with Gasteiger partial charge in [0.2, 0.25) is 0 Å². The van der Waals surface area contributed by atoms with E-state index < -0.39 is 24.3 Å². The number of carbonyl (C=O) groups excluding carboxylic acids is 1. The Balaban J connectivity index is 0.000000367. The van der Waals surface area contributed by atoms with E-state index in [1.165, 1.54) is 0 Å². The van der Waals surface area contributed by atoms with Gasteiger partial charge in [0.15, 0.2) is 5.69 Å². The lowest BCUT2D eigenvalue weighted by Gasteiger charge is -2.23. The number of pyridine rings is 2. The van der Waals surface area contributed by atoms with Gasteiger partial charge in [0.05, 0.1) is 17.3 Å². The van der Waals surface area contributed by atoms with Gasteiger partial charge in [-0.25, -0.2) is 14.6 Å². The number of carbonyl (C=O) groups is 3. The Morgan fingerprint density at radius 3 is 2.02 bits per heavy atom. The largest absolute Gasteiger partial charge is 0.490 e. The quantitative estimate of drug-likeness (QED) is 0.359. The topological polar surface area (TPSA) is 137 Å². The third kappa shape index (κ3) is 10.0. The summed E-state index contributed by atoms with van der Waals surface area (Å²) < 4.78 is 65.5. The van der Waals surface area contributed by atoms with Gasteiger partial charge in [-0.2, -0.15) is 26.3 Å². The van der Waals surface area contributed by atoms with Crippen LogP contribution in [0.25, 0.3) is 5.52 Å². The Morgan fingerprint density at radius 1 is 0.952 bits per heavy atom. The third-order valence-electron chi connectivity index (χ3n) is 5.52. The summed E-state index contributed by atoms with van der Waals surface area (Å²) in [6.07, 6.45) is -4.19. The summed E-state index contributed by atoms with van der Waals surface area (Å²) >= 11 is 0. The number of aliphatic carboxylic acids is 2. The van der Waals surface area contributed by atoms with Crippen LogP contribution in [0.1, 0.15) is 61.7 Å². The van der Waals surface area contributed by atoms with Crippen LogP contribution in [0.4, 0.5) is 26.3 Å². The molecule has 1 aliphatic heterocycles. The highest BCUT2D eigenvalue weighted by atomic mass is 19.4. The molecule has 0 radical (unpaired) electrons. The van der Waals surface area contributed by atoms with Crippen molar-refractivity contribution < 1.29 is 50.9 Å². The number of halogens is 6. The molecule has 230 valence electrons.